The van der Waals surface area contributed by atoms with Crippen molar-refractivity contribution in [2.24, 2.45) is 5.84 Å². The molecule has 0 radical (unpaired) electrons. The van der Waals surface area contributed by atoms with Gasteiger partial charge >= 0.3 is 5.97 Å². The number of carboxylic acid groups (broad SMARTS) is 1. The fourth-order valence-corrected chi connectivity index (χ4v) is 1.06. The van der Waals surface area contributed by atoms with Crippen molar-refractivity contribution >= 4 is 11.7 Å². The highest BCUT2D eigenvalue weighted by atomic mass is 19.1. The van der Waals surface area contributed by atoms with Gasteiger partial charge in [-0.15, -0.1) is 0 Å². The molecule has 5 heteroatoms. The molecule has 0 unspecified atom stereocenters. The predicted molar refractivity (Wildman–Crippen MR) is 50.4 cm³/mol. The number of hydrogen-bond donors (Lipinski definition) is 2. The van der Waals surface area contributed by atoms with Crippen LogP contribution in [0.15, 0.2) is 24.3 Å². The van der Waals surface area contributed by atoms with Gasteiger partial charge in [-0.1, -0.05) is 12.1 Å². The Kier molecular flexibility index (Phi) is 3.41. The van der Waals surface area contributed by atoms with Crippen molar-refractivity contribution in [2.75, 3.05) is 11.6 Å². The summed E-state index contributed by atoms with van der Waals surface area (Å²) >= 11 is 0. The first-order chi connectivity index (χ1) is 6.63. The molecule has 14 heavy (non-hydrogen) atoms. The minimum absolute atomic E-state index is 0.310. The van der Waals surface area contributed by atoms with Gasteiger partial charge in [-0.05, 0) is 17.7 Å². The molecule has 1 rings (SSSR count). The maximum atomic E-state index is 12.3. The van der Waals surface area contributed by atoms with Crippen LogP contribution in [0.4, 0.5) is 10.1 Å². The van der Waals surface area contributed by atoms with Gasteiger partial charge < -0.3 is 5.11 Å². The number of aliphatic carboxylic acids is 1. The summed E-state index contributed by atoms with van der Waals surface area (Å²) in [6.45, 7) is -0.898. The highest BCUT2D eigenvalue weighted by molar-refractivity contribution is 5.73. The van der Waals surface area contributed by atoms with E-state index in [-0.39, 0.29) is 6.54 Å². The van der Waals surface area contributed by atoms with Crippen LogP contribution >= 0.6 is 0 Å². The molecule has 0 heterocycles. The topological polar surface area (TPSA) is 66.6 Å². The average molecular weight is 198 g/mol. The normalized spacial score (nSPS) is 9.86. The molecule has 0 amide bonds. The van der Waals surface area contributed by atoms with Crippen molar-refractivity contribution in [1.82, 2.24) is 0 Å². The summed E-state index contributed by atoms with van der Waals surface area (Å²) < 4.78 is 12.3. The van der Waals surface area contributed by atoms with Crippen molar-refractivity contribution in [3.8, 4) is 0 Å². The third-order valence-corrected chi connectivity index (χ3v) is 1.70. The van der Waals surface area contributed by atoms with E-state index >= 15 is 0 Å². The van der Waals surface area contributed by atoms with Gasteiger partial charge in [-0.2, -0.15) is 0 Å². The largest absolute Gasteiger partial charge is 0.480 e. The summed E-state index contributed by atoms with van der Waals surface area (Å²) in [6.07, 6.45) is 0. The second kappa shape index (κ2) is 4.57. The van der Waals surface area contributed by atoms with E-state index in [0.29, 0.717) is 11.3 Å². The number of hydrogen-bond acceptors (Lipinski definition) is 3. The number of alkyl halides is 1. The number of carbonyl (C=O) groups is 1. The number of anilines is 1. The van der Waals surface area contributed by atoms with Gasteiger partial charge in [0.2, 0.25) is 0 Å². The summed E-state index contributed by atoms with van der Waals surface area (Å²) in [5, 5.41) is 9.53. The Labute approximate surface area is 80.7 Å². The van der Waals surface area contributed by atoms with Gasteiger partial charge in [-0.3, -0.25) is 9.80 Å². The zero-order valence-corrected chi connectivity index (χ0v) is 7.48. The van der Waals surface area contributed by atoms with Gasteiger partial charge in [0.05, 0.1) is 5.69 Å². The number of halogens is 1. The van der Waals surface area contributed by atoms with Crippen molar-refractivity contribution in [2.45, 2.75) is 6.67 Å². The zero-order chi connectivity index (χ0) is 10.6. The molecule has 0 saturated heterocycles. The van der Waals surface area contributed by atoms with E-state index in [4.69, 9.17) is 10.9 Å². The standard InChI is InChI=1S/C9H11FN2O2/c10-5-7-2-1-3-8(4-7)12(11)6-9(13)14/h1-4H,5-6,11H2,(H,13,14). The molecule has 0 spiro atoms. The SMILES string of the molecule is NN(CC(=O)O)c1cccc(CF)c1. The lowest BCUT2D eigenvalue weighted by molar-refractivity contribution is -0.135. The summed E-state index contributed by atoms with van der Waals surface area (Å²) in [7, 11) is 0. The molecule has 3 N–H and O–H groups in total. The molecular formula is C9H11FN2O2. The lowest BCUT2D eigenvalue weighted by Gasteiger charge is -2.16. The zero-order valence-electron chi connectivity index (χ0n) is 7.48. The molecule has 0 fully saturated rings. The summed E-state index contributed by atoms with van der Waals surface area (Å²) in [4.78, 5) is 10.3. The predicted octanol–water partition coefficient (Wildman–Crippen LogP) is 0.921. The van der Waals surface area contributed by atoms with Gasteiger partial charge in [-0.25, -0.2) is 10.2 Å². The molecule has 0 aliphatic rings. The average Bonchev–Trinajstić information content (AvgIpc) is 2.17. The fraction of sp³-hybridized carbons (Fsp3) is 0.222. The molecule has 0 bridgehead atoms. The van der Waals surface area contributed by atoms with E-state index in [2.05, 4.69) is 0 Å². The molecule has 0 aliphatic carbocycles. The van der Waals surface area contributed by atoms with E-state index in [9.17, 15) is 9.18 Å². The van der Waals surface area contributed by atoms with Crippen molar-refractivity contribution < 1.29 is 14.3 Å². The Morgan fingerprint density at radius 3 is 2.86 bits per heavy atom. The summed E-state index contributed by atoms with van der Waals surface area (Å²) in [6, 6.07) is 6.38. The van der Waals surface area contributed by atoms with E-state index in [1.54, 1.807) is 18.2 Å². The third-order valence-electron chi connectivity index (χ3n) is 1.70. The first-order valence-electron chi connectivity index (χ1n) is 4.02. The van der Waals surface area contributed by atoms with E-state index in [0.717, 1.165) is 5.01 Å². The van der Waals surface area contributed by atoms with Crippen LogP contribution in [0.3, 0.4) is 0 Å². The molecule has 0 saturated carbocycles. The van der Waals surface area contributed by atoms with Crippen molar-refractivity contribution in [3.63, 3.8) is 0 Å². The highest BCUT2D eigenvalue weighted by Crippen LogP contribution is 2.13. The molecule has 0 aliphatic heterocycles. The van der Waals surface area contributed by atoms with Crippen LogP contribution in [0, 0.1) is 0 Å². The monoisotopic (exact) mass is 198 g/mol. The van der Waals surface area contributed by atoms with Crippen molar-refractivity contribution in [3.05, 3.63) is 29.8 Å². The van der Waals surface area contributed by atoms with Gasteiger partial charge in [0, 0.05) is 0 Å². The molecule has 1 aromatic carbocycles. The summed E-state index contributed by atoms with van der Waals surface area (Å²) in [5.41, 5.74) is 0.964. The maximum absolute atomic E-state index is 12.3. The second-order valence-corrected chi connectivity index (χ2v) is 2.83. The van der Waals surface area contributed by atoms with Crippen molar-refractivity contribution in [1.29, 1.82) is 0 Å². The Bertz CT molecular complexity index is 330. The Balaban J connectivity index is 2.78. The lowest BCUT2D eigenvalue weighted by atomic mass is 10.2. The van der Waals surface area contributed by atoms with E-state index in [1.807, 2.05) is 0 Å². The first-order valence-corrected chi connectivity index (χ1v) is 4.02. The van der Waals surface area contributed by atoms with Gasteiger partial charge in [0.15, 0.2) is 0 Å². The molecule has 1 aromatic rings. The molecule has 0 atom stereocenters. The highest BCUT2D eigenvalue weighted by Gasteiger charge is 2.06. The molecular weight excluding hydrogens is 187 g/mol. The van der Waals surface area contributed by atoms with Crippen LogP contribution in [0.25, 0.3) is 0 Å². The van der Waals surface area contributed by atoms with Crippen LogP contribution in [0.1, 0.15) is 5.56 Å². The maximum Gasteiger partial charge on any atom is 0.324 e. The smallest absolute Gasteiger partial charge is 0.324 e. The number of rotatable bonds is 4. The Morgan fingerprint density at radius 2 is 2.29 bits per heavy atom. The molecule has 0 aromatic heterocycles. The van der Waals surface area contributed by atoms with Gasteiger partial charge in [0.25, 0.3) is 0 Å². The number of carboxylic acids is 1. The quantitative estimate of drug-likeness (QED) is 0.557. The van der Waals surface area contributed by atoms with Crippen LogP contribution < -0.4 is 10.9 Å². The fourth-order valence-electron chi connectivity index (χ4n) is 1.06. The third kappa shape index (κ3) is 2.70. The van der Waals surface area contributed by atoms with Gasteiger partial charge in [0.1, 0.15) is 13.2 Å². The minimum atomic E-state index is -1.03. The first kappa shape index (κ1) is 10.5. The summed E-state index contributed by atoms with van der Waals surface area (Å²) in [5.74, 6) is 4.42. The number of hydrazine groups is 1. The number of benzene rings is 1. The molecule has 4 nitrogen and oxygen atoms in total. The number of nitrogens with zero attached hydrogens (tertiary/aromatic N) is 1. The van der Waals surface area contributed by atoms with Crippen LogP contribution in [-0.4, -0.2) is 17.6 Å². The van der Waals surface area contributed by atoms with Crippen LogP contribution in [-0.2, 0) is 11.5 Å². The minimum Gasteiger partial charge on any atom is -0.480 e. The van der Waals surface area contributed by atoms with Crippen LogP contribution in [0.2, 0.25) is 0 Å². The van der Waals surface area contributed by atoms with Crippen LogP contribution in [0.5, 0.6) is 0 Å². The Morgan fingerprint density at radius 1 is 1.57 bits per heavy atom. The second-order valence-electron chi connectivity index (χ2n) is 2.83. The van der Waals surface area contributed by atoms with E-state index in [1.165, 1.54) is 6.07 Å². The molecule has 76 valence electrons. The lowest BCUT2D eigenvalue weighted by Crippen LogP contribution is -2.35. The number of nitrogens with two attached hydrogens (primary N) is 1. The Hall–Kier alpha value is -1.62. The van der Waals surface area contributed by atoms with E-state index < -0.39 is 12.6 Å².